The molecular formula is C12H13FN2O3S. The Kier molecular flexibility index (Phi) is 4.36. The Morgan fingerprint density at radius 1 is 1.42 bits per heavy atom. The molecule has 0 aromatic heterocycles. The van der Waals surface area contributed by atoms with Gasteiger partial charge >= 0.3 is 0 Å². The largest absolute Gasteiger partial charge is 0.349 e. The summed E-state index contributed by atoms with van der Waals surface area (Å²) in [6, 6.07) is 2.91. The highest BCUT2D eigenvalue weighted by molar-refractivity contribution is 7.99. The fraction of sp³-hybridized carbons (Fsp3) is 0.417. The Bertz CT molecular complexity index is 504. The highest BCUT2D eigenvalue weighted by atomic mass is 32.2. The highest BCUT2D eigenvalue weighted by Gasteiger charge is 2.23. The van der Waals surface area contributed by atoms with E-state index >= 15 is 0 Å². The minimum atomic E-state index is -0.676. The van der Waals surface area contributed by atoms with Crippen molar-refractivity contribution in [2.45, 2.75) is 18.9 Å². The number of nitrogens with one attached hydrogen (secondary N) is 1. The van der Waals surface area contributed by atoms with Crippen molar-refractivity contribution < 1.29 is 14.1 Å². The van der Waals surface area contributed by atoms with Gasteiger partial charge in [-0.25, -0.2) is 4.39 Å². The molecule has 1 heterocycles. The first kappa shape index (κ1) is 13.8. The van der Waals surface area contributed by atoms with E-state index in [1.807, 2.05) is 11.8 Å². The van der Waals surface area contributed by atoms with Crippen LogP contribution in [-0.2, 0) is 0 Å². The van der Waals surface area contributed by atoms with E-state index in [1.54, 1.807) is 0 Å². The molecule has 1 fully saturated rings. The number of amides is 1. The Morgan fingerprint density at radius 2 is 2.11 bits per heavy atom. The standard InChI is InChI=1S/C12H13FN2O3S/c13-8-1-2-11(15(17)18)10(7-8)12(16)14-9-3-5-19-6-4-9/h1-2,7,9H,3-6H2,(H,14,16). The zero-order chi connectivity index (χ0) is 13.8. The molecule has 0 aliphatic carbocycles. The van der Waals surface area contributed by atoms with Crippen molar-refractivity contribution in [1.29, 1.82) is 0 Å². The smallest absolute Gasteiger partial charge is 0.282 e. The number of halogens is 1. The number of benzene rings is 1. The van der Waals surface area contributed by atoms with Crippen LogP contribution < -0.4 is 5.32 Å². The van der Waals surface area contributed by atoms with Crippen LogP contribution >= 0.6 is 11.8 Å². The van der Waals surface area contributed by atoms with Gasteiger partial charge in [-0.2, -0.15) is 11.8 Å². The zero-order valence-electron chi connectivity index (χ0n) is 10.1. The van der Waals surface area contributed by atoms with Gasteiger partial charge in [-0.05, 0) is 36.5 Å². The lowest BCUT2D eigenvalue weighted by molar-refractivity contribution is -0.385. The van der Waals surface area contributed by atoms with Crippen molar-refractivity contribution in [2.24, 2.45) is 0 Å². The van der Waals surface area contributed by atoms with E-state index in [0.717, 1.165) is 42.5 Å². The van der Waals surface area contributed by atoms with Gasteiger partial charge in [-0.3, -0.25) is 14.9 Å². The molecule has 1 aliphatic rings. The lowest BCUT2D eigenvalue weighted by atomic mass is 10.1. The molecule has 0 atom stereocenters. The minimum absolute atomic E-state index is 0.0108. The first-order chi connectivity index (χ1) is 9.08. The summed E-state index contributed by atoms with van der Waals surface area (Å²) in [7, 11) is 0. The highest BCUT2D eigenvalue weighted by Crippen LogP contribution is 2.21. The Balaban J connectivity index is 2.17. The topological polar surface area (TPSA) is 72.2 Å². The number of nitro benzene ring substituents is 1. The zero-order valence-corrected chi connectivity index (χ0v) is 10.9. The monoisotopic (exact) mass is 284 g/mol. The fourth-order valence-electron chi connectivity index (χ4n) is 1.95. The summed E-state index contributed by atoms with van der Waals surface area (Å²) in [4.78, 5) is 22.2. The number of thioether (sulfide) groups is 1. The second-order valence-electron chi connectivity index (χ2n) is 4.28. The molecule has 1 amide bonds. The molecule has 0 unspecified atom stereocenters. The number of carbonyl (C=O) groups is 1. The van der Waals surface area contributed by atoms with Crippen LogP contribution in [-0.4, -0.2) is 28.4 Å². The molecule has 19 heavy (non-hydrogen) atoms. The number of hydrogen-bond acceptors (Lipinski definition) is 4. The number of hydrogen-bond donors (Lipinski definition) is 1. The third-order valence-electron chi connectivity index (χ3n) is 2.96. The van der Waals surface area contributed by atoms with Crippen molar-refractivity contribution in [3.05, 3.63) is 39.7 Å². The van der Waals surface area contributed by atoms with Gasteiger partial charge in [0.15, 0.2) is 0 Å². The van der Waals surface area contributed by atoms with Crippen LogP contribution in [0.25, 0.3) is 0 Å². The summed E-state index contributed by atoms with van der Waals surface area (Å²) in [5, 5.41) is 13.6. The van der Waals surface area contributed by atoms with Gasteiger partial charge in [0.2, 0.25) is 0 Å². The molecule has 1 saturated heterocycles. The molecule has 1 aromatic rings. The Hall–Kier alpha value is -1.63. The van der Waals surface area contributed by atoms with E-state index in [9.17, 15) is 19.3 Å². The molecule has 102 valence electrons. The molecule has 1 N–H and O–H groups in total. The van der Waals surface area contributed by atoms with Crippen molar-refractivity contribution in [3.8, 4) is 0 Å². The van der Waals surface area contributed by atoms with Crippen LogP contribution in [0.2, 0.25) is 0 Å². The van der Waals surface area contributed by atoms with Gasteiger partial charge < -0.3 is 5.32 Å². The third-order valence-corrected chi connectivity index (χ3v) is 4.01. The SMILES string of the molecule is O=C(NC1CCSCC1)c1cc(F)ccc1[N+](=O)[O-]. The summed E-state index contributed by atoms with van der Waals surface area (Å²) >= 11 is 1.81. The molecule has 0 spiro atoms. The lowest BCUT2D eigenvalue weighted by Crippen LogP contribution is -2.37. The normalized spacial score (nSPS) is 16.1. The van der Waals surface area contributed by atoms with Crippen molar-refractivity contribution in [3.63, 3.8) is 0 Å². The van der Waals surface area contributed by atoms with Crippen molar-refractivity contribution in [1.82, 2.24) is 5.32 Å². The summed E-state index contributed by atoms with van der Waals surface area (Å²) in [5.74, 6) is 0.671. The lowest BCUT2D eigenvalue weighted by Gasteiger charge is -2.22. The van der Waals surface area contributed by atoms with E-state index in [2.05, 4.69) is 5.32 Å². The van der Waals surface area contributed by atoms with Crippen molar-refractivity contribution in [2.75, 3.05) is 11.5 Å². The van der Waals surface area contributed by atoms with Crippen molar-refractivity contribution >= 4 is 23.4 Å². The summed E-state index contributed by atoms with van der Waals surface area (Å²) in [6.07, 6.45) is 1.67. The Morgan fingerprint density at radius 3 is 2.74 bits per heavy atom. The summed E-state index contributed by atoms with van der Waals surface area (Å²) in [5.41, 5.74) is -0.590. The van der Waals surface area contributed by atoms with Crippen LogP contribution in [0.3, 0.4) is 0 Å². The van der Waals surface area contributed by atoms with Crippen LogP contribution in [0.15, 0.2) is 18.2 Å². The fourth-order valence-corrected chi connectivity index (χ4v) is 3.06. The molecule has 0 saturated carbocycles. The molecule has 0 radical (unpaired) electrons. The maximum Gasteiger partial charge on any atom is 0.282 e. The first-order valence-corrected chi connectivity index (χ1v) is 7.06. The predicted molar refractivity (Wildman–Crippen MR) is 70.9 cm³/mol. The van der Waals surface area contributed by atoms with Crippen LogP contribution in [0.5, 0.6) is 0 Å². The van der Waals surface area contributed by atoms with Crippen LogP contribution in [0.1, 0.15) is 23.2 Å². The van der Waals surface area contributed by atoms with Gasteiger partial charge in [0, 0.05) is 12.1 Å². The van der Waals surface area contributed by atoms with Gasteiger partial charge in [0.1, 0.15) is 11.4 Å². The van der Waals surface area contributed by atoms with E-state index in [-0.39, 0.29) is 17.3 Å². The summed E-state index contributed by atoms with van der Waals surface area (Å²) in [6.45, 7) is 0. The minimum Gasteiger partial charge on any atom is -0.349 e. The molecular weight excluding hydrogens is 271 g/mol. The maximum absolute atomic E-state index is 13.1. The van der Waals surface area contributed by atoms with Gasteiger partial charge in [-0.1, -0.05) is 0 Å². The predicted octanol–water partition coefficient (Wildman–Crippen LogP) is 2.36. The van der Waals surface area contributed by atoms with Crippen LogP contribution in [0.4, 0.5) is 10.1 Å². The molecule has 2 rings (SSSR count). The Labute approximate surface area is 113 Å². The first-order valence-electron chi connectivity index (χ1n) is 5.90. The number of nitrogens with zero attached hydrogens (tertiary/aromatic N) is 1. The number of rotatable bonds is 3. The van der Waals surface area contributed by atoms with Crippen LogP contribution in [0, 0.1) is 15.9 Å². The van der Waals surface area contributed by atoms with Gasteiger partial charge in [0.05, 0.1) is 4.92 Å². The molecule has 5 nitrogen and oxygen atoms in total. The molecule has 7 heteroatoms. The number of carbonyl (C=O) groups excluding carboxylic acids is 1. The third kappa shape index (κ3) is 3.44. The molecule has 1 aromatic carbocycles. The number of nitro groups is 1. The second-order valence-corrected chi connectivity index (χ2v) is 5.50. The van der Waals surface area contributed by atoms with E-state index in [0.29, 0.717) is 0 Å². The van der Waals surface area contributed by atoms with Gasteiger partial charge in [-0.15, -0.1) is 0 Å². The summed E-state index contributed by atoms with van der Waals surface area (Å²) < 4.78 is 13.1. The quantitative estimate of drug-likeness (QED) is 0.683. The van der Waals surface area contributed by atoms with E-state index in [4.69, 9.17) is 0 Å². The van der Waals surface area contributed by atoms with Gasteiger partial charge in [0.25, 0.3) is 11.6 Å². The van der Waals surface area contributed by atoms with E-state index in [1.165, 1.54) is 0 Å². The average molecular weight is 284 g/mol. The average Bonchev–Trinajstić information content (AvgIpc) is 2.39. The molecule has 1 aliphatic heterocycles. The van der Waals surface area contributed by atoms with E-state index < -0.39 is 16.6 Å². The second kappa shape index (κ2) is 6.01. The maximum atomic E-state index is 13.1. The molecule has 0 bridgehead atoms.